The van der Waals surface area contributed by atoms with Crippen LogP contribution in [0.1, 0.15) is 37.9 Å². The van der Waals surface area contributed by atoms with Crippen LogP contribution in [0.4, 0.5) is 4.79 Å². The van der Waals surface area contributed by atoms with Crippen LogP contribution >= 0.6 is 0 Å². The van der Waals surface area contributed by atoms with Gasteiger partial charge >= 0.3 is 6.09 Å². The van der Waals surface area contributed by atoms with Gasteiger partial charge in [0.15, 0.2) is 0 Å². The molecule has 0 bridgehead atoms. The maximum Gasteiger partial charge on any atom is 0.419 e. The average molecular weight is 411 g/mol. The van der Waals surface area contributed by atoms with Gasteiger partial charge in [0.05, 0.1) is 12.1 Å². The van der Waals surface area contributed by atoms with Crippen molar-refractivity contribution in [2.24, 2.45) is 0 Å². The van der Waals surface area contributed by atoms with Gasteiger partial charge in [-0.3, -0.25) is 19.5 Å². The molecule has 8 nitrogen and oxygen atoms in total. The summed E-state index contributed by atoms with van der Waals surface area (Å²) in [5, 5.41) is 12.0. The van der Waals surface area contributed by atoms with Crippen molar-refractivity contribution in [3.8, 4) is 0 Å². The molecule has 1 atom stereocenters. The molecule has 8 heteroatoms. The minimum Gasteiger partial charge on any atom is -0.443 e. The van der Waals surface area contributed by atoms with Crippen LogP contribution in [0.25, 0.3) is 10.9 Å². The van der Waals surface area contributed by atoms with Crippen LogP contribution in [0.2, 0.25) is 0 Å². The number of carbonyl (C=O) groups is 1. The van der Waals surface area contributed by atoms with Gasteiger partial charge < -0.3 is 4.74 Å². The van der Waals surface area contributed by atoms with Crippen molar-refractivity contribution < 1.29 is 19.3 Å². The minimum atomic E-state index is -0.753. The monoisotopic (exact) mass is 411 g/mol. The molecule has 3 aromatic rings. The molecule has 0 saturated carbocycles. The number of hydroxylamine groups is 1. The van der Waals surface area contributed by atoms with Gasteiger partial charge in [0.2, 0.25) is 6.54 Å². The van der Waals surface area contributed by atoms with E-state index in [9.17, 15) is 14.9 Å². The highest BCUT2D eigenvalue weighted by atomic mass is 16.7. The van der Waals surface area contributed by atoms with Gasteiger partial charge in [-0.15, -0.1) is 0 Å². The minimum absolute atomic E-state index is 0.250. The van der Waals surface area contributed by atoms with Crippen molar-refractivity contribution in [1.82, 2.24) is 10.0 Å². The quantitative estimate of drug-likeness (QED) is 0.455. The van der Waals surface area contributed by atoms with Crippen molar-refractivity contribution in [1.29, 1.82) is 0 Å². The largest absolute Gasteiger partial charge is 0.443 e. The fourth-order valence-corrected chi connectivity index (χ4v) is 3.09. The number of hydrogen-bond acceptors (Lipinski definition) is 6. The maximum absolute atomic E-state index is 12.7. The Kier molecular flexibility index (Phi) is 6.49. The molecule has 158 valence electrons. The zero-order valence-electron chi connectivity index (χ0n) is 17.2. The van der Waals surface area contributed by atoms with Crippen molar-refractivity contribution >= 4 is 17.0 Å². The SMILES string of the molecule is CC(C)(C)OC(=O)n1cc(C(C[N+](=O)[O-])NOCc2ccccc2)c2ccccc21. The summed E-state index contributed by atoms with van der Waals surface area (Å²) < 4.78 is 6.86. The Balaban J connectivity index is 1.89. The number of hydrogen-bond donors (Lipinski definition) is 1. The molecule has 0 aliphatic rings. The van der Waals surface area contributed by atoms with Crippen LogP contribution in [0, 0.1) is 10.1 Å². The number of benzene rings is 2. The maximum atomic E-state index is 12.7. The fourth-order valence-electron chi connectivity index (χ4n) is 3.09. The second-order valence-corrected chi connectivity index (χ2v) is 7.91. The number of para-hydroxylation sites is 1. The Bertz CT molecular complexity index is 1020. The molecule has 1 aromatic heterocycles. The number of fused-ring (bicyclic) bond motifs is 1. The fraction of sp³-hybridized carbons (Fsp3) is 0.318. The first-order valence-electron chi connectivity index (χ1n) is 9.61. The summed E-state index contributed by atoms with van der Waals surface area (Å²) >= 11 is 0. The van der Waals surface area contributed by atoms with Crippen molar-refractivity contribution in [2.45, 2.75) is 39.0 Å². The molecule has 0 fully saturated rings. The highest BCUT2D eigenvalue weighted by molar-refractivity contribution is 5.92. The molecule has 0 saturated heterocycles. The molecule has 30 heavy (non-hydrogen) atoms. The van der Waals surface area contributed by atoms with Gasteiger partial charge in [-0.05, 0) is 32.4 Å². The third-order valence-electron chi connectivity index (χ3n) is 4.35. The van der Waals surface area contributed by atoms with E-state index in [0.717, 1.165) is 5.56 Å². The predicted molar refractivity (Wildman–Crippen MR) is 113 cm³/mol. The van der Waals surface area contributed by atoms with Crippen LogP contribution in [-0.2, 0) is 16.2 Å². The Morgan fingerprint density at radius 2 is 1.80 bits per heavy atom. The normalized spacial score (nSPS) is 12.6. The molecular formula is C22H25N3O5. The van der Waals surface area contributed by atoms with E-state index >= 15 is 0 Å². The zero-order valence-corrected chi connectivity index (χ0v) is 17.2. The summed E-state index contributed by atoms with van der Waals surface area (Å²) in [5.41, 5.74) is 4.26. The van der Waals surface area contributed by atoms with E-state index in [1.807, 2.05) is 42.5 Å². The average Bonchev–Trinajstić information content (AvgIpc) is 3.06. The molecule has 0 aliphatic heterocycles. The van der Waals surface area contributed by atoms with E-state index in [-0.39, 0.29) is 6.61 Å². The lowest BCUT2D eigenvalue weighted by Gasteiger charge is -2.19. The summed E-state index contributed by atoms with van der Waals surface area (Å²) in [5.74, 6) is 0. The molecule has 2 aromatic carbocycles. The highest BCUT2D eigenvalue weighted by Crippen LogP contribution is 2.28. The summed E-state index contributed by atoms with van der Waals surface area (Å²) in [7, 11) is 0. The van der Waals surface area contributed by atoms with Crippen molar-refractivity contribution in [2.75, 3.05) is 6.54 Å². The van der Waals surface area contributed by atoms with Crippen LogP contribution in [0.3, 0.4) is 0 Å². The number of rotatable bonds is 7. The summed E-state index contributed by atoms with van der Waals surface area (Å²) in [4.78, 5) is 29.1. The van der Waals surface area contributed by atoms with E-state index in [0.29, 0.717) is 16.5 Å². The second kappa shape index (κ2) is 9.06. The van der Waals surface area contributed by atoms with E-state index in [4.69, 9.17) is 9.57 Å². The number of carbonyl (C=O) groups excluding carboxylic acids is 1. The summed E-state index contributed by atoms with van der Waals surface area (Å²) in [6.45, 7) is 5.20. The van der Waals surface area contributed by atoms with E-state index in [2.05, 4.69) is 5.48 Å². The smallest absolute Gasteiger partial charge is 0.419 e. The molecule has 1 heterocycles. The predicted octanol–water partition coefficient (Wildman–Crippen LogP) is 4.46. The van der Waals surface area contributed by atoms with Crippen LogP contribution in [0.15, 0.2) is 60.8 Å². The molecule has 3 rings (SSSR count). The van der Waals surface area contributed by atoms with Crippen LogP contribution in [0.5, 0.6) is 0 Å². The Labute approximate surface area is 174 Å². The zero-order chi connectivity index (χ0) is 21.7. The second-order valence-electron chi connectivity index (χ2n) is 7.91. The van der Waals surface area contributed by atoms with Gasteiger partial charge in [0.25, 0.3) is 0 Å². The van der Waals surface area contributed by atoms with E-state index in [1.54, 1.807) is 39.1 Å². The summed E-state index contributed by atoms with van der Waals surface area (Å²) in [6.07, 6.45) is 1.03. The van der Waals surface area contributed by atoms with Crippen LogP contribution < -0.4 is 5.48 Å². The lowest BCUT2D eigenvalue weighted by atomic mass is 10.1. The molecule has 1 unspecified atom stereocenters. The molecule has 1 N–H and O–H groups in total. The van der Waals surface area contributed by atoms with Gasteiger partial charge in [-0.1, -0.05) is 48.5 Å². The highest BCUT2D eigenvalue weighted by Gasteiger charge is 2.26. The van der Waals surface area contributed by atoms with Crippen molar-refractivity contribution in [3.63, 3.8) is 0 Å². The number of nitro groups is 1. The van der Waals surface area contributed by atoms with Gasteiger partial charge in [-0.25, -0.2) is 4.79 Å². The van der Waals surface area contributed by atoms with Gasteiger partial charge in [0.1, 0.15) is 11.6 Å². The lowest BCUT2D eigenvalue weighted by molar-refractivity contribution is -0.486. The molecular weight excluding hydrogens is 386 g/mol. The number of nitrogens with one attached hydrogen (secondary N) is 1. The molecule has 0 radical (unpaired) electrons. The molecule has 0 spiro atoms. The molecule has 0 aliphatic carbocycles. The number of aromatic nitrogens is 1. The Morgan fingerprint density at radius 1 is 1.13 bits per heavy atom. The van der Waals surface area contributed by atoms with Gasteiger partial charge in [-0.2, -0.15) is 5.48 Å². The molecule has 0 amide bonds. The number of nitrogens with zero attached hydrogens (tertiary/aromatic N) is 2. The first-order valence-corrected chi connectivity index (χ1v) is 9.61. The Hall–Kier alpha value is -3.23. The van der Waals surface area contributed by atoms with Crippen LogP contribution in [-0.4, -0.2) is 27.7 Å². The Morgan fingerprint density at radius 3 is 2.47 bits per heavy atom. The summed E-state index contributed by atoms with van der Waals surface area (Å²) in [6, 6.07) is 15.9. The van der Waals surface area contributed by atoms with E-state index < -0.39 is 29.2 Å². The number of ether oxygens (including phenoxy) is 1. The third kappa shape index (κ3) is 5.43. The lowest BCUT2D eigenvalue weighted by Crippen LogP contribution is -2.28. The third-order valence-corrected chi connectivity index (χ3v) is 4.35. The van der Waals surface area contributed by atoms with Gasteiger partial charge in [0, 0.05) is 22.1 Å². The standard InChI is InChI=1S/C22H25N3O5/c1-22(2,3)30-21(26)24-13-18(17-11-7-8-12-20(17)24)19(14-25(27)28)23-29-15-16-9-5-4-6-10-16/h4-13,19,23H,14-15H2,1-3H3. The van der Waals surface area contributed by atoms with Crippen molar-refractivity contribution in [3.05, 3.63) is 82.0 Å². The first kappa shape index (κ1) is 21.5. The van der Waals surface area contributed by atoms with E-state index in [1.165, 1.54) is 4.57 Å². The first-order chi connectivity index (χ1) is 14.2. The topological polar surface area (TPSA) is 95.6 Å².